The molecule has 0 unspecified atom stereocenters. The van der Waals surface area contributed by atoms with Gasteiger partial charge >= 0.3 is 12.0 Å². The van der Waals surface area contributed by atoms with Crippen molar-refractivity contribution >= 4 is 35.2 Å². The van der Waals surface area contributed by atoms with E-state index in [-0.39, 0.29) is 21.9 Å². The van der Waals surface area contributed by atoms with E-state index in [1.165, 1.54) is 26.0 Å². The van der Waals surface area contributed by atoms with Crippen molar-refractivity contribution in [3.8, 4) is 0 Å². The van der Waals surface area contributed by atoms with E-state index in [1.54, 1.807) is 0 Å². The molecule has 21 heavy (non-hydrogen) atoms. The zero-order chi connectivity index (χ0) is 16.2. The lowest BCUT2D eigenvalue weighted by atomic mass is 10.1. The van der Waals surface area contributed by atoms with Gasteiger partial charge in [0.15, 0.2) is 0 Å². The third-order valence-corrected chi connectivity index (χ3v) is 2.92. The number of urea groups is 1. The van der Waals surface area contributed by atoms with Crippen molar-refractivity contribution in [3.63, 3.8) is 0 Å². The largest absolute Gasteiger partial charge is 0.478 e. The molecular formula is C13H12ClFN2O4. The van der Waals surface area contributed by atoms with Gasteiger partial charge in [-0.15, -0.1) is 0 Å². The molecule has 0 aliphatic heterocycles. The van der Waals surface area contributed by atoms with Gasteiger partial charge in [-0.3, -0.25) is 10.1 Å². The Balaban J connectivity index is 2.74. The van der Waals surface area contributed by atoms with E-state index in [9.17, 15) is 18.8 Å². The number of carbonyl (C=O) groups is 3. The average molecular weight is 315 g/mol. The zero-order valence-electron chi connectivity index (χ0n) is 11.2. The number of rotatable bonds is 3. The molecule has 8 heteroatoms. The number of hydrogen-bond donors (Lipinski definition) is 3. The number of carbonyl (C=O) groups excluding carboxylic acids is 2. The Morgan fingerprint density at radius 1 is 1.19 bits per heavy atom. The van der Waals surface area contributed by atoms with E-state index in [0.717, 1.165) is 6.07 Å². The quantitative estimate of drug-likeness (QED) is 0.747. The summed E-state index contributed by atoms with van der Waals surface area (Å²) in [6.45, 7) is 2.52. The van der Waals surface area contributed by atoms with Crippen LogP contribution in [0.5, 0.6) is 0 Å². The predicted molar refractivity (Wildman–Crippen MR) is 74.6 cm³/mol. The first-order chi connectivity index (χ1) is 9.72. The van der Waals surface area contributed by atoms with E-state index in [4.69, 9.17) is 16.7 Å². The molecule has 1 rings (SSSR count). The van der Waals surface area contributed by atoms with E-state index in [2.05, 4.69) is 5.32 Å². The highest BCUT2D eigenvalue weighted by atomic mass is 35.5. The van der Waals surface area contributed by atoms with Crippen molar-refractivity contribution in [1.29, 1.82) is 0 Å². The molecule has 3 N–H and O–H groups in total. The Bertz CT molecular complexity index is 643. The fourth-order valence-corrected chi connectivity index (χ4v) is 1.44. The number of carboxylic acid groups (broad SMARTS) is 1. The Morgan fingerprint density at radius 2 is 1.81 bits per heavy atom. The number of amides is 3. The minimum atomic E-state index is -1.26. The summed E-state index contributed by atoms with van der Waals surface area (Å²) in [7, 11) is 0. The average Bonchev–Trinajstić information content (AvgIpc) is 2.40. The summed E-state index contributed by atoms with van der Waals surface area (Å²) in [5, 5.41) is 12.8. The van der Waals surface area contributed by atoms with Gasteiger partial charge in [0.2, 0.25) is 0 Å². The Kier molecular flexibility index (Phi) is 5.43. The van der Waals surface area contributed by atoms with Crippen LogP contribution in [0.15, 0.2) is 29.3 Å². The second-order valence-corrected chi connectivity index (χ2v) is 4.50. The highest BCUT2D eigenvalue weighted by Gasteiger charge is 2.15. The molecule has 0 radical (unpaired) electrons. The number of hydrogen-bond acceptors (Lipinski definition) is 3. The van der Waals surface area contributed by atoms with Gasteiger partial charge in [0.25, 0.3) is 5.91 Å². The van der Waals surface area contributed by atoms with Gasteiger partial charge in [-0.05, 0) is 32.0 Å². The lowest BCUT2D eigenvalue weighted by Crippen LogP contribution is -2.35. The molecule has 0 saturated carbocycles. The molecule has 1 aromatic carbocycles. The maximum atomic E-state index is 12.9. The van der Waals surface area contributed by atoms with E-state index >= 15 is 0 Å². The van der Waals surface area contributed by atoms with Crippen molar-refractivity contribution in [3.05, 3.63) is 40.2 Å². The Hall–Kier alpha value is -2.41. The third-order valence-electron chi connectivity index (χ3n) is 2.63. The zero-order valence-corrected chi connectivity index (χ0v) is 11.9. The van der Waals surface area contributed by atoms with Crippen LogP contribution in [0, 0.1) is 5.82 Å². The molecule has 0 heterocycles. The molecule has 112 valence electrons. The van der Waals surface area contributed by atoms with Gasteiger partial charge in [-0.1, -0.05) is 11.6 Å². The molecular weight excluding hydrogens is 303 g/mol. The molecule has 0 aliphatic rings. The molecule has 0 fully saturated rings. The molecule has 0 saturated heterocycles. The molecule has 0 atom stereocenters. The van der Waals surface area contributed by atoms with E-state index in [0.29, 0.717) is 0 Å². The Labute approximate surface area is 124 Å². The summed E-state index contributed by atoms with van der Waals surface area (Å²) in [6, 6.07) is 2.60. The van der Waals surface area contributed by atoms with Crippen molar-refractivity contribution in [2.45, 2.75) is 13.8 Å². The van der Waals surface area contributed by atoms with Gasteiger partial charge in [0.05, 0.1) is 5.02 Å². The minimum absolute atomic E-state index is 0.102. The molecule has 6 nitrogen and oxygen atoms in total. The van der Waals surface area contributed by atoms with Gasteiger partial charge in [-0.25, -0.2) is 14.0 Å². The number of anilines is 1. The van der Waals surface area contributed by atoms with Gasteiger partial charge in [0.1, 0.15) is 5.82 Å². The van der Waals surface area contributed by atoms with Crippen LogP contribution in [-0.4, -0.2) is 23.0 Å². The van der Waals surface area contributed by atoms with Crippen molar-refractivity contribution in [2.24, 2.45) is 0 Å². The van der Waals surface area contributed by atoms with E-state index in [1.807, 2.05) is 5.32 Å². The number of halogens is 2. The lowest BCUT2D eigenvalue weighted by molar-refractivity contribution is -0.133. The topological polar surface area (TPSA) is 95.5 Å². The van der Waals surface area contributed by atoms with Crippen LogP contribution < -0.4 is 10.6 Å². The van der Waals surface area contributed by atoms with Crippen molar-refractivity contribution in [1.82, 2.24) is 5.32 Å². The standard InChI is InChI=1S/C13H12ClFN2O4/c1-6(7(2)12(19)20)11(18)17-13(21)16-8-3-4-10(15)9(14)5-8/h3-5H,1-2H3,(H,19,20)(H2,16,17,18,21). The van der Waals surface area contributed by atoms with Crippen molar-refractivity contribution < 1.29 is 23.9 Å². The Morgan fingerprint density at radius 3 is 2.33 bits per heavy atom. The first-order valence-corrected chi connectivity index (χ1v) is 6.08. The van der Waals surface area contributed by atoms with Crippen LogP contribution >= 0.6 is 11.6 Å². The second kappa shape index (κ2) is 6.85. The molecule has 3 amide bonds. The molecule has 0 spiro atoms. The monoisotopic (exact) mass is 314 g/mol. The first kappa shape index (κ1) is 16.6. The number of aliphatic carboxylic acids is 1. The summed E-state index contributed by atoms with van der Waals surface area (Å²) in [4.78, 5) is 33.9. The van der Waals surface area contributed by atoms with Gasteiger partial charge < -0.3 is 10.4 Å². The summed E-state index contributed by atoms with van der Waals surface area (Å²) in [5.74, 6) is -2.75. The van der Waals surface area contributed by atoms with Gasteiger partial charge in [-0.2, -0.15) is 0 Å². The normalized spacial score (nSPS) is 11.4. The third kappa shape index (κ3) is 4.57. The first-order valence-electron chi connectivity index (χ1n) is 5.70. The molecule has 0 bridgehead atoms. The number of carboxylic acids is 1. The van der Waals surface area contributed by atoms with Crippen LogP contribution in [0.4, 0.5) is 14.9 Å². The van der Waals surface area contributed by atoms with Crippen LogP contribution in [0.1, 0.15) is 13.8 Å². The summed E-state index contributed by atoms with van der Waals surface area (Å²) < 4.78 is 12.9. The van der Waals surface area contributed by atoms with Crippen LogP contribution in [0.25, 0.3) is 0 Å². The van der Waals surface area contributed by atoms with Crippen molar-refractivity contribution in [2.75, 3.05) is 5.32 Å². The smallest absolute Gasteiger partial charge is 0.331 e. The lowest BCUT2D eigenvalue weighted by Gasteiger charge is -2.08. The highest BCUT2D eigenvalue weighted by Crippen LogP contribution is 2.19. The molecule has 1 aromatic rings. The molecule has 0 aliphatic carbocycles. The molecule has 0 aromatic heterocycles. The predicted octanol–water partition coefficient (Wildman–Crippen LogP) is 2.55. The second-order valence-electron chi connectivity index (χ2n) is 4.09. The number of nitrogens with one attached hydrogen (secondary N) is 2. The number of imide groups is 1. The number of benzene rings is 1. The van der Waals surface area contributed by atoms with Gasteiger partial charge in [0, 0.05) is 16.8 Å². The van der Waals surface area contributed by atoms with Crippen LogP contribution in [0.2, 0.25) is 5.02 Å². The summed E-state index contributed by atoms with van der Waals surface area (Å²) in [6.07, 6.45) is 0. The SMILES string of the molecule is CC(C(=O)O)=C(C)C(=O)NC(=O)Nc1ccc(F)c(Cl)c1. The fourth-order valence-electron chi connectivity index (χ4n) is 1.26. The highest BCUT2D eigenvalue weighted by molar-refractivity contribution is 6.31. The summed E-state index contributed by atoms with van der Waals surface area (Å²) >= 11 is 5.54. The van der Waals surface area contributed by atoms with Crippen LogP contribution in [-0.2, 0) is 9.59 Å². The minimum Gasteiger partial charge on any atom is -0.478 e. The van der Waals surface area contributed by atoms with Crippen LogP contribution in [0.3, 0.4) is 0 Å². The fraction of sp³-hybridized carbons (Fsp3) is 0.154. The summed E-state index contributed by atoms with van der Waals surface area (Å²) in [5.41, 5.74) is -0.0943. The van der Waals surface area contributed by atoms with E-state index < -0.39 is 23.7 Å². The maximum Gasteiger partial charge on any atom is 0.331 e. The maximum absolute atomic E-state index is 12.9.